The Morgan fingerprint density at radius 3 is 2.41 bits per heavy atom. The van der Waals surface area contributed by atoms with Gasteiger partial charge in [-0.3, -0.25) is 30.1 Å². The van der Waals surface area contributed by atoms with Crippen molar-refractivity contribution in [1.82, 2.24) is 15.8 Å². The lowest BCUT2D eigenvalue weighted by Gasteiger charge is -2.14. The fourth-order valence-electron chi connectivity index (χ4n) is 2.82. The molecular formula is C22H21N3O5S2. The predicted molar refractivity (Wildman–Crippen MR) is 126 cm³/mol. The Hall–Kier alpha value is -3.37. The molecule has 2 aromatic carbocycles. The minimum atomic E-state index is -0.575. The van der Waals surface area contributed by atoms with Crippen LogP contribution in [-0.2, 0) is 9.59 Å². The number of amides is 3. The smallest absolute Gasteiger partial charge is 0.269 e. The van der Waals surface area contributed by atoms with Gasteiger partial charge < -0.3 is 9.47 Å². The first-order chi connectivity index (χ1) is 15.3. The van der Waals surface area contributed by atoms with E-state index in [9.17, 15) is 14.4 Å². The monoisotopic (exact) mass is 471 g/mol. The number of aryl methyl sites for hydroxylation is 1. The number of hydrogen-bond acceptors (Lipinski definition) is 7. The van der Waals surface area contributed by atoms with Crippen LogP contribution in [0.2, 0.25) is 0 Å². The van der Waals surface area contributed by atoms with E-state index in [0.717, 1.165) is 22.9 Å². The third-order valence-corrected chi connectivity index (χ3v) is 5.89. The van der Waals surface area contributed by atoms with Gasteiger partial charge in [0.15, 0.2) is 11.5 Å². The van der Waals surface area contributed by atoms with Gasteiger partial charge >= 0.3 is 0 Å². The van der Waals surface area contributed by atoms with Gasteiger partial charge in [0.05, 0.1) is 19.1 Å². The number of ether oxygens (including phenoxy) is 2. The summed E-state index contributed by atoms with van der Waals surface area (Å²) in [4.78, 5) is 38.7. The first-order valence-electron chi connectivity index (χ1n) is 9.45. The van der Waals surface area contributed by atoms with Crippen LogP contribution in [0.5, 0.6) is 11.5 Å². The minimum Gasteiger partial charge on any atom is -0.493 e. The van der Waals surface area contributed by atoms with E-state index >= 15 is 0 Å². The topological polar surface area (TPSA) is 97.0 Å². The molecule has 2 N–H and O–H groups in total. The highest BCUT2D eigenvalue weighted by molar-refractivity contribution is 8.26. The number of benzene rings is 2. The molecule has 166 valence electrons. The predicted octanol–water partition coefficient (Wildman–Crippen LogP) is 2.67. The van der Waals surface area contributed by atoms with E-state index in [2.05, 4.69) is 10.9 Å². The normalized spacial score (nSPS) is 14.5. The molecule has 1 aliphatic rings. The van der Waals surface area contributed by atoms with Gasteiger partial charge in [-0.2, -0.15) is 0 Å². The van der Waals surface area contributed by atoms with Crippen molar-refractivity contribution in [3.05, 3.63) is 64.1 Å². The largest absolute Gasteiger partial charge is 0.493 e. The summed E-state index contributed by atoms with van der Waals surface area (Å²) < 4.78 is 10.7. The van der Waals surface area contributed by atoms with Crippen LogP contribution in [-0.4, -0.2) is 47.7 Å². The molecule has 0 aromatic heterocycles. The summed E-state index contributed by atoms with van der Waals surface area (Å²) in [6.45, 7) is 1.59. The van der Waals surface area contributed by atoms with E-state index in [0.29, 0.717) is 22.0 Å². The summed E-state index contributed by atoms with van der Waals surface area (Å²) in [6.07, 6.45) is 1.67. The van der Waals surface area contributed by atoms with Crippen LogP contribution in [0.25, 0.3) is 6.08 Å². The molecule has 0 saturated carbocycles. The lowest BCUT2D eigenvalue weighted by molar-refractivity contribution is -0.129. The number of nitrogens with zero attached hydrogens (tertiary/aromatic N) is 1. The van der Waals surface area contributed by atoms with E-state index in [1.54, 1.807) is 48.5 Å². The van der Waals surface area contributed by atoms with E-state index in [1.807, 2.05) is 6.92 Å². The number of hydrazine groups is 1. The van der Waals surface area contributed by atoms with Gasteiger partial charge in [-0.1, -0.05) is 47.7 Å². The molecule has 8 nitrogen and oxygen atoms in total. The van der Waals surface area contributed by atoms with Crippen molar-refractivity contribution in [3.63, 3.8) is 0 Å². The molecule has 0 bridgehead atoms. The van der Waals surface area contributed by atoms with Gasteiger partial charge in [0.25, 0.3) is 17.7 Å². The molecule has 3 amide bonds. The zero-order valence-electron chi connectivity index (χ0n) is 17.6. The molecule has 1 aliphatic heterocycles. The molecule has 0 radical (unpaired) electrons. The first kappa shape index (κ1) is 23.3. The number of hydrogen-bond donors (Lipinski definition) is 2. The molecule has 0 atom stereocenters. The fourth-order valence-corrected chi connectivity index (χ4v) is 4.07. The third-order valence-electron chi connectivity index (χ3n) is 4.51. The van der Waals surface area contributed by atoms with E-state index in [1.165, 1.54) is 19.1 Å². The number of carbonyl (C=O) groups excluding carboxylic acids is 3. The summed E-state index contributed by atoms with van der Waals surface area (Å²) in [5, 5.41) is 0. The first-order valence-corrected chi connectivity index (χ1v) is 10.7. The zero-order chi connectivity index (χ0) is 23.3. The van der Waals surface area contributed by atoms with Gasteiger partial charge in [0.2, 0.25) is 0 Å². The van der Waals surface area contributed by atoms with E-state index < -0.39 is 17.7 Å². The third kappa shape index (κ3) is 5.45. The fraction of sp³-hybridized carbons (Fsp3) is 0.182. The van der Waals surface area contributed by atoms with Crippen molar-refractivity contribution in [2.45, 2.75) is 6.92 Å². The molecule has 0 unspecified atom stereocenters. The lowest BCUT2D eigenvalue weighted by atomic mass is 10.1. The summed E-state index contributed by atoms with van der Waals surface area (Å²) in [5.74, 6) is -0.331. The Bertz CT molecular complexity index is 1100. The van der Waals surface area contributed by atoms with Crippen LogP contribution < -0.4 is 20.3 Å². The zero-order valence-corrected chi connectivity index (χ0v) is 19.3. The van der Waals surface area contributed by atoms with Crippen molar-refractivity contribution < 1.29 is 23.9 Å². The Morgan fingerprint density at radius 2 is 1.75 bits per heavy atom. The second kappa shape index (κ2) is 10.3. The summed E-state index contributed by atoms with van der Waals surface area (Å²) in [6, 6.07) is 12.1. The molecule has 32 heavy (non-hydrogen) atoms. The van der Waals surface area contributed by atoms with Gasteiger partial charge in [0, 0.05) is 5.56 Å². The number of nitrogens with one attached hydrogen (secondary N) is 2. The van der Waals surface area contributed by atoms with Crippen LogP contribution in [0, 0.1) is 6.92 Å². The van der Waals surface area contributed by atoms with Crippen molar-refractivity contribution in [2.75, 3.05) is 20.8 Å². The summed E-state index contributed by atoms with van der Waals surface area (Å²) >= 11 is 6.35. The maximum atomic E-state index is 12.8. The highest BCUT2D eigenvalue weighted by atomic mass is 32.2. The van der Waals surface area contributed by atoms with Crippen LogP contribution >= 0.6 is 24.0 Å². The SMILES string of the molecule is COc1ccc(C=C2SC(=S)N(CC(=O)NNC(=O)c3ccc(C)cc3)C2=O)cc1OC. The average molecular weight is 472 g/mol. The summed E-state index contributed by atoms with van der Waals surface area (Å²) in [7, 11) is 3.06. The Morgan fingerprint density at radius 1 is 1.06 bits per heavy atom. The molecule has 1 saturated heterocycles. The maximum absolute atomic E-state index is 12.8. The van der Waals surface area contributed by atoms with Crippen LogP contribution in [0.3, 0.4) is 0 Å². The van der Waals surface area contributed by atoms with Gasteiger partial charge in [0.1, 0.15) is 10.9 Å². The number of methoxy groups -OCH3 is 2. The van der Waals surface area contributed by atoms with Crippen LogP contribution in [0.1, 0.15) is 21.5 Å². The number of carbonyl (C=O) groups is 3. The van der Waals surface area contributed by atoms with Gasteiger partial charge in [-0.15, -0.1) is 0 Å². The molecule has 3 rings (SSSR count). The number of rotatable bonds is 6. The van der Waals surface area contributed by atoms with Gasteiger partial charge in [-0.25, -0.2) is 0 Å². The maximum Gasteiger partial charge on any atom is 0.269 e. The van der Waals surface area contributed by atoms with Gasteiger partial charge in [-0.05, 0) is 42.8 Å². The van der Waals surface area contributed by atoms with Crippen LogP contribution in [0.15, 0.2) is 47.4 Å². The lowest BCUT2D eigenvalue weighted by Crippen LogP contribution is -2.47. The quantitative estimate of drug-likeness (QED) is 0.380. The van der Waals surface area contributed by atoms with Crippen molar-refractivity contribution in [3.8, 4) is 11.5 Å². The summed E-state index contributed by atoms with van der Waals surface area (Å²) in [5.41, 5.74) is 6.77. The van der Waals surface area contributed by atoms with Crippen molar-refractivity contribution >= 4 is 52.1 Å². The minimum absolute atomic E-state index is 0.252. The molecule has 1 heterocycles. The molecular weight excluding hydrogens is 450 g/mol. The molecule has 0 spiro atoms. The van der Waals surface area contributed by atoms with Crippen molar-refractivity contribution in [1.29, 1.82) is 0 Å². The Kier molecular flexibility index (Phi) is 7.49. The number of thiocarbonyl (C=S) groups is 1. The Labute approximate surface area is 194 Å². The standard InChI is InChI=1S/C22H21N3O5S2/c1-13-4-7-15(8-5-13)20(27)24-23-19(26)12-25-21(28)18(32-22(25)31)11-14-6-9-16(29-2)17(10-14)30-3/h4-11H,12H2,1-3H3,(H,23,26)(H,24,27). The van der Waals surface area contributed by atoms with Crippen LogP contribution in [0.4, 0.5) is 0 Å². The molecule has 1 fully saturated rings. The highest BCUT2D eigenvalue weighted by Crippen LogP contribution is 2.34. The average Bonchev–Trinajstić information content (AvgIpc) is 3.05. The van der Waals surface area contributed by atoms with E-state index in [-0.39, 0.29) is 10.9 Å². The number of thioether (sulfide) groups is 1. The molecule has 2 aromatic rings. The highest BCUT2D eigenvalue weighted by Gasteiger charge is 2.33. The van der Waals surface area contributed by atoms with E-state index in [4.69, 9.17) is 21.7 Å². The van der Waals surface area contributed by atoms with Crippen molar-refractivity contribution in [2.24, 2.45) is 0 Å². The second-order valence-electron chi connectivity index (χ2n) is 6.75. The molecule has 0 aliphatic carbocycles. The molecule has 10 heteroatoms. The second-order valence-corrected chi connectivity index (χ2v) is 8.43. The Balaban J connectivity index is 1.62.